The number of aromatic nitrogens is 1. The molecule has 1 aromatic carbocycles. The molecule has 0 atom stereocenters. The van der Waals surface area contributed by atoms with E-state index in [4.69, 9.17) is 15.2 Å². The number of ether oxygens (including phenoxy) is 2. The summed E-state index contributed by atoms with van der Waals surface area (Å²) >= 11 is 3.36. The fourth-order valence-electron chi connectivity index (χ4n) is 1.35. The number of benzene rings is 1. The van der Waals surface area contributed by atoms with E-state index in [0.29, 0.717) is 23.1 Å². The van der Waals surface area contributed by atoms with Gasteiger partial charge in [0.1, 0.15) is 11.5 Å². The van der Waals surface area contributed by atoms with Gasteiger partial charge >= 0.3 is 0 Å². The van der Waals surface area contributed by atoms with Crippen molar-refractivity contribution >= 4 is 21.6 Å². The molecule has 0 aliphatic heterocycles. The van der Waals surface area contributed by atoms with Crippen LogP contribution in [0.4, 0.5) is 5.69 Å². The van der Waals surface area contributed by atoms with Crippen LogP contribution in [0.5, 0.6) is 17.4 Å². The fraction of sp³-hybridized carbons (Fsp3) is 0.0833. The van der Waals surface area contributed by atoms with Gasteiger partial charge in [0, 0.05) is 28.5 Å². The molecule has 0 saturated carbocycles. The SMILES string of the molecule is COc1cc(Oc2cc(N)cc(Br)c2)ccn1. The van der Waals surface area contributed by atoms with Gasteiger partial charge in [0.25, 0.3) is 0 Å². The van der Waals surface area contributed by atoms with Crippen LogP contribution < -0.4 is 15.2 Å². The molecule has 0 spiro atoms. The van der Waals surface area contributed by atoms with E-state index in [0.717, 1.165) is 4.47 Å². The molecule has 1 aromatic heterocycles. The lowest BCUT2D eigenvalue weighted by Crippen LogP contribution is -1.91. The molecule has 0 fully saturated rings. The van der Waals surface area contributed by atoms with Crippen molar-refractivity contribution in [3.8, 4) is 17.4 Å². The summed E-state index contributed by atoms with van der Waals surface area (Å²) in [5, 5.41) is 0. The quantitative estimate of drug-likeness (QED) is 0.883. The van der Waals surface area contributed by atoms with Crippen molar-refractivity contribution in [1.82, 2.24) is 4.98 Å². The molecule has 5 heteroatoms. The molecule has 0 bridgehead atoms. The number of hydrogen-bond donors (Lipinski definition) is 1. The van der Waals surface area contributed by atoms with Crippen LogP contribution in [0.15, 0.2) is 41.0 Å². The zero-order valence-corrected chi connectivity index (χ0v) is 10.8. The molecule has 4 nitrogen and oxygen atoms in total. The number of anilines is 1. The van der Waals surface area contributed by atoms with Gasteiger partial charge in [-0.1, -0.05) is 15.9 Å². The van der Waals surface area contributed by atoms with Crippen LogP contribution in [0, 0.1) is 0 Å². The Hall–Kier alpha value is -1.75. The second kappa shape index (κ2) is 5.05. The lowest BCUT2D eigenvalue weighted by molar-refractivity contribution is 0.392. The molecule has 2 N–H and O–H groups in total. The smallest absolute Gasteiger partial charge is 0.216 e. The topological polar surface area (TPSA) is 57.4 Å². The Labute approximate surface area is 108 Å². The van der Waals surface area contributed by atoms with Crippen LogP contribution >= 0.6 is 15.9 Å². The minimum Gasteiger partial charge on any atom is -0.481 e. The highest BCUT2D eigenvalue weighted by molar-refractivity contribution is 9.10. The molecule has 0 aliphatic carbocycles. The van der Waals surface area contributed by atoms with E-state index in [1.807, 2.05) is 6.07 Å². The molecular weight excluding hydrogens is 284 g/mol. The van der Waals surface area contributed by atoms with Gasteiger partial charge in [-0.15, -0.1) is 0 Å². The first-order valence-electron chi connectivity index (χ1n) is 4.91. The predicted octanol–water partition coefficient (Wildman–Crippen LogP) is 3.23. The predicted molar refractivity (Wildman–Crippen MR) is 69.4 cm³/mol. The number of nitrogens with zero attached hydrogens (tertiary/aromatic N) is 1. The molecule has 2 aromatic rings. The highest BCUT2D eigenvalue weighted by Gasteiger charge is 2.02. The summed E-state index contributed by atoms with van der Waals surface area (Å²) in [6, 6.07) is 8.84. The Kier molecular flexibility index (Phi) is 3.49. The maximum absolute atomic E-state index is 5.72. The number of hydrogen-bond acceptors (Lipinski definition) is 4. The number of nitrogen functional groups attached to an aromatic ring is 1. The Balaban J connectivity index is 2.24. The Morgan fingerprint density at radius 3 is 2.71 bits per heavy atom. The van der Waals surface area contributed by atoms with E-state index in [1.54, 1.807) is 37.6 Å². The lowest BCUT2D eigenvalue weighted by atomic mass is 10.3. The number of pyridine rings is 1. The van der Waals surface area contributed by atoms with Gasteiger partial charge in [-0.3, -0.25) is 0 Å². The highest BCUT2D eigenvalue weighted by atomic mass is 79.9. The van der Waals surface area contributed by atoms with Gasteiger partial charge in [-0.05, 0) is 18.2 Å². The maximum Gasteiger partial charge on any atom is 0.216 e. The average molecular weight is 295 g/mol. The first-order valence-corrected chi connectivity index (χ1v) is 5.70. The lowest BCUT2D eigenvalue weighted by Gasteiger charge is -2.07. The van der Waals surface area contributed by atoms with Crippen molar-refractivity contribution in [3.05, 3.63) is 41.0 Å². The van der Waals surface area contributed by atoms with Crippen LogP contribution in [0.1, 0.15) is 0 Å². The van der Waals surface area contributed by atoms with E-state index in [2.05, 4.69) is 20.9 Å². The molecule has 0 aliphatic rings. The van der Waals surface area contributed by atoms with Crippen LogP contribution in [0.3, 0.4) is 0 Å². The minimum atomic E-state index is 0.505. The molecule has 0 unspecified atom stereocenters. The second-order valence-electron chi connectivity index (χ2n) is 3.36. The summed E-state index contributed by atoms with van der Waals surface area (Å²) < 4.78 is 11.5. The summed E-state index contributed by atoms with van der Waals surface area (Å²) in [5.41, 5.74) is 6.36. The third kappa shape index (κ3) is 3.10. The second-order valence-corrected chi connectivity index (χ2v) is 4.27. The van der Waals surface area contributed by atoms with Gasteiger partial charge in [0.05, 0.1) is 7.11 Å². The first kappa shape index (κ1) is 11.7. The largest absolute Gasteiger partial charge is 0.481 e. The average Bonchev–Trinajstić information content (AvgIpc) is 2.28. The number of rotatable bonds is 3. The van der Waals surface area contributed by atoms with Gasteiger partial charge in [0.2, 0.25) is 5.88 Å². The Morgan fingerprint density at radius 1 is 1.18 bits per heavy atom. The van der Waals surface area contributed by atoms with Crippen LogP contribution in [0.25, 0.3) is 0 Å². The number of methoxy groups -OCH3 is 1. The van der Waals surface area contributed by atoms with E-state index in [9.17, 15) is 0 Å². The van der Waals surface area contributed by atoms with Gasteiger partial charge in [-0.2, -0.15) is 0 Å². The maximum atomic E-state index is 5.72. The first-order chi connectivity index (χ1) is 8.17. The molecule has 0 amide bonds. The van der Waals surface area contributed by atoms with Gasteiger partial charge < -0.3 is 15.2 Å². The van der Waals surface area contributed by atoms with E-state index in [-0.39, 0.29) is 0 Å². The highest BCUT2D eigenvalue weighted by Crippen LogP contribution is 2.28. The minimum absolute atomic E-state index is 0.505. The molecular formula is C12H11BrN2O2. The zero-order valence-electron chi connectivity index (χ0n) is 9.18. The van der Waals surface area contributed by atoms with Crippen molar-refractivity contribution in [3.63, 3.8) is 0 Å². The summed E-state index contributed by atoms with van der Waals surface area (Å²) in [7, 11) is 1.56. The van der Waals surface area contributed by atoms with Crippen molar-refractivity contribution < 1.29 is 9.47 Å². The third-order valence-electron chi connectivity index (χ3n) is 2.04. The van der Waals surface area contributed by atoms with Crippen LogP contribution in [0.2, 0.25) is 0 Å². The van der Waals surface area contributed by atoms with Crippen molar-refractivity contribution in [2.75, 3.05) is 12.8 Å². The number of nitrogens with two attached hydrogens (primary N) is 1. The standard InChI is InChI=1S/C12H11BrN2O2/c1-16-12-7-10(2-3-15-12)17-11-5-8(13)4-9(14)6-11/h2-7H,14H2,1H3. The summed E-state index contributed by atoms with van der Waals surface area (Å²) in [6.45, 7) is 0. The van der Waals surface area contributed by atoms with E-state index >= 15 is 0 Å². The Bertz CT molecular complexity index is 511. The van der Waals surface area contributed by atoms with Crippen molar-refractivity contribution in [2.24, 2.45) is 0 Å². The summed E-state index contributed by atoms with van der Waals surface area (Å²) in [6.07, 6.45) is 1.62. The van der Waals surface area contributed by atoms with E-state index < -0.39 is 0 Å². The molecule has 88 valence electrons. The normalized spacial score (nSPS) is 10.0. The summed E-state index contributed by atoms with van der Waals surface area (Å²) in [4.78, 5) is 4.00. The zero-order chi connectivity index (χ0) is 12.3. The van der Waals surface area contributed by atoms with Crippen LogP contribution in [-0.4, -0.2) is 12.1 Å². The van der Waals surface area contributed by atoms with Gasteiger partial charge in [0.15, 0.2) is 0 Å². The third-order valence-corrected chi connectivity index (χ3v) is 2.50. The van der Waals surface area contributed by atoms with Crippen molar-refractivity contribution in [1.29, 1.82) is 0 Å². The molecule has 0 saturated heterocycles. The van der Waals surface area contributed by atoms with E-state index in [1.165, 1.54) is 0 Å². The fourth-order valence-corrected chi connectivity index (χ4v) is 1.84. The molecule has 17 heavy (non-hydrogen) atoms. The monoisotopic (exact) mass is 294 g/mol. The molecule has 1 heterocycles. The van der Waals surface area contributed by atoms with Crippen LogP contribution in [-0.2, 0) is 0 Å². The van der Waals surface area contributed by atoms with Crippen molar-refractivity contribution in [2.45, 2.75) is 0 Å². The molecule has 2 rings (SSSR count). The number of halogens is 1. The molecule has 0 radical (unpaired) electrons. The van der Waals surface area contributed by atoms with Gasteiger partial charge in [-0.25, -0.2) is 4.98 Å². The summed E-state index contributed by atoms with van der Waals surface area (Å²) in [5.74, 6) is 1.81. The Morgan fingerprint density at radius 2 is 2.00 bits per heavy atom.